The van der Waals surface area contributed by atoms with Crippen molar-refractivity contribution in [3.63, 3.8) is 0 Å². The summed E-state index contributed by atoms with van der Waals surface area (Å²) in [5.74, 6) is 1.46. The predicted octanol–water partition coefficient (Wildman–Crippen LogP) is 1.34. The van der Waals surface area contributed by atoms with E-state index in [2.05, 4.69) is 27.3 Å². The van der Waals surface area contributed by atoms with Crippen molar-refractivity contribution in [2.75, 3.05) is 19.6 Å². The molecular weight excluding hydrogens is 216 g/mol. The molecule has 1 aromatic heterocycles. The monoisotopic (exact) mass is 238 g/mol. The lowest BCUT2D eigenvalue weighted by Crippen LogP contribution is -2.37. The average molecular weight is 238 g/mol. The van der Waals surface area contributed by atoms with Crippen LogP contribution in [0.15, 0.2) is 4.52 Å². The molecule has 0 saturated carbocycles. The number of hydrogen-bond acceptors (Lipinski definition) is 5. The number of aryl methyl sites for hydroxylation is 1. The molecule has 1 fully saturated rings. The first-order chi connectivity index (χ1) is 8.28. The molecule has 1 saturated heterocycles. The van der Waals surface area contributed by atoms with E-state index >= 15 is 0 Å². The topological polar surface area (TPSA) is 54.2 Å². The van der Waals surface area contributed by atoms with E-state index in [1.807, 2.05) is 6.92 Å². The smallest absolute Gasteiger partial charge is 0.240 e. The van der Waals surface area contributed by atoms with Crippen LogP contribution in [0.25, 0.3) is 0 Å². The minimum Gasteiger partial charge on any atom is -0.338 e. The summed E-state index contributed by atoms with van der Waals surface area (Å²) in [5, 5.41) is 7.43. The lowest BCUT2D eigenvalue weighted by Gasteiger charge is -2.22. The summed E-state index contributed by atoms with van der Waals surface area (Å²) in [5.41, 5.74) is 0. The lowest BCUT2D eigenvalue weighted by molar-refractivity contribution is 0.219. The molecule has 2 heterocycles. The van der Waals surface area contributed by atoms with Crippen LogP contribution in [-0.4, -0.2) is 40.7 Å². The zero-order valence-electron chi connectivity index (χ0n) is 10.8. The second-order valence-corrected chi connectivity index (χ2v) is 4.76. The molecule has 1 aliphatic heterocycles. The Hall–Kier alpha value is -0.940. The third-order valence-corrected chi connectivity index (χ3v) is 3.13. The Kier molecular flexibility index (Phi) is 4.50. The van der Waals surface area contributed by atoms with Crippen molar-refractivity contribution in [3.8, 4) is 0 Å². The van der Waals surface area contributed by atoms with Crippen LogP contribution in [0.5, 0.6) is 0 Å². The Morgan fingerprint density at radius 3 is 3.12 bits per heavy atom. The molecule has 5 heteroatoms. The lowest BCUT2D eigenvalue weighted by atomic mass is 10.1. The van der Waals surface area contributed by atoms with Gasteiger partial charge in [-0.05, 0) is 32.9 Å². The van der Waals surface area contributed by atoms with Gasteiger partial charge >= 0.3 is 0 Å². The third-order valence-electron chi connectivity index (χ3n) is 3.13. The molecule has 0 bridgehead atoms. The highest BCUT2D eigenvalue weighted by Crippen LogP contribution is 2.09. The van der Waals surface area contributed by atoms with Gasteiger partial charge in [0.1, 0.15) is 0 Å². The molecule has 2 rings (SSSR count). The van der Waals surface area contributed by atoms with Gasteiger partial charge in [0.2, 0.25) is 5.89 Å². The highest BCUT2D eigenvalue weighted by molar-refractivity contribution is 4.85. The second kappa shape index (κ2) is 6.12. The van der Waals surface area contributed by atoms with Crippen molar-refractivity contribution in [1.82, 2.24) is 20.4 Å². The van der Waals surface area contributed by atoms with E-state index in [1.165, 1.54) is 19.3 Å². The first-order valence-corrected chi connectivity index (χ1v) is 6.53. The number of rotatable bonds is 4. The van der Waals surface area contributed by atoms with Crippen molar-refractivity contribution in [2.24, 2.45) is 0 Å². The highest BCUT2D eigenvalue weighted by atomic mass is 16.5. The minimum atomic E-state index is 0.603. The van der Waals surface area contributed by atoms with Crippen molar-refractivity contribution in [1.29, 1.82) is 0 Å². The molecule has 1 aliphatic rings. The largest absolute Gasteiger partial charge is 0.338 e. The number of hydrogen-bond donors (Lipinski definition) is 1. The third kappa shape index (κ3) is 3.78. The molecule has 96 valence electrons. The molecule has 0 aromatic carbocycles. The quantitative estimate of drug-likeness (QED) is 0.858. The Bertz CT molecular complexity index is 339. The molecular formula is C12H22N4O. The number of nitrogens with zero attached hydrogens (tertiary/aromatic N) is 3. The van der Waals surface area contributed by atoms with Gasteiger partial charge in [-0.2, -0.15) is 4.98 Å². The molecule has 0 aliphatic carbocycles. The average Bonchev–Trinajstić information content (AvgIpc) is 2.58. The first kappa shape index (κ1) is 12.5. The maximum atomic E-state index is 5.18. The summed E-state index contributed by atoms with van der Waals surface area (Å²) >= 11 is 0. The molecule has 1 unspecified atom stereocenters. The van der Waals surface area contributed by atoms with E-state index in [-0.39, 0.29) is 0 Å². The van der Waals surface area contributed by atoms with E-state index in [4.69, 9.17) is 4.52 Å². The second-order valence-electron chi connectivity index (χ2n) is 4.76. The maximum absolute atomic E-state index is 5.18. The van der Waals surface area contributed by atoms with Crippen LogP contribution in [0.4, 0.5) is 0 Å². The van der Waals surface area contributed by atoms with Crippen molar-refractivity contribution in [2.45, 2.75) is 45.7 Å². The fraction of sp³-hybridized carbons (Fsp3) is 0.833. The van der Waals surface area contributed by atoms with Gasteiger partial charge in [-0.15, -0.1) is 0 Å². The van der Waals surface area contributed by atoms with Crippen LogP contribution in [0.1, 0.15) is 37.9 Å². The van der Waals surface area contributed by atoms with Crippen LogP contribution in [-0.2, 0) is 6.54 Å². The molecule has 1 atom stereocenters. The van der Waals surface area contributed by atoms with Gasteiger partial charge in [-0.25, -0.2) is 0 Å². The normalized spacial score (nSPS) is 22.6. The van der Waals surface area contributed by atoms with Gasteiger partial charge in [0.05, 0.1) is 6.54 Å². The fourth-order valence-corrected chi connectivity index (χ4v) is 2.36. The summed E-state index contributed by atoms with van der Waals surface area (Å²) in [6.45, 7) is 8.17. The van der Waals surface area contributed by atoms with Gasteiger partial charge in [0.15, 0.2) is 5.82 Å². The van der Waals surface area contributed by atoms with Crippen molar-refractivity contribution < 1.29 is 4.52 Å². The fourth-order valence-electron chi connectivity index (χ4n) is 2.36. The first-order valence-electron chi connectivity index (χ1n) is 6.53. The van der Waals surface area contributed by atoms with Crippen LogP contribution < -0.4 is 5.32 Å². The molecule has 1 aromatic rings. The summed E-state index contributed by atoms with van der Waals surface area (Å²) in [7, 11) is 0. The standard InChI is InChI=1S/C12H22N4O/c1-3-5-11-8-16(7-4-6-13-11)9-12-14-10(2)15-17-12/h11,13H,3-9H2,1-2H3. The zero-order valence-corrected chi connectivity index (χ0v) is 10.8. The summed E-state index contributed by atoms with van der Waals surface area (Å²) in [6.07, 6.45) is 3.65. The Labute approximate surface area is 103 Å². The van der Waals surface area contributed by atoms with Crippen LogP contribution in [0.3, 0.4) is 0 Å². The summed E-state index contributed by atoms with van der Waals surface area (Å²) in [4.78, 5) is 6.68. The molecule has 5 nitrogen and oxygen atoms in total. The molecule has 0 amide bonds. The summed E-state index contributed by atoms with van der Waals surface area (Å²) in [6, 6.07) is 0.603. The van der Waals surface area contributed by atoms with Crippen LogP contribution in [0, 0.1) is 6.92 Å². The SMILES string of the molecule is CCCC1CN(Cc2nc(C)no2)CCCN1. The predicted molar refractivity (Wildman–Crippen MR) is 65.6 cm³/mol. The molecule has 17 heavy (non-hydrogen) atoms. The molecule has 1 N–H and O–H groups in total. The van der Waals surface area contributed by atoms with E-state index in [0.717, 1.165) is 37.9 Å². The van der Waals surface area contributed by atoms with Crippen molar-refractivity contribution >= 4 is 0 Å². The minimum absolute atomic E-state index is 0.603. The van der Waals surface area contributed by atoms with Gasteiger partial charge in [0.25, 0.3) is 0 Å². The van der Waals surface area contributed by atoms with Gasteiger partial charge in [-0.3, -0.25) is 4.90 Å². The van der Waals surface area contributed by atoms with Crippen molar-refractivity contribution in [3.05, 3.63) is 11.7 Å². The van der Waals surface area contributed by atoms with Gasteiger partial charge < -0.3 is 9.84 Å². The molecule has 0 spiro atoms. The molecule has 0 radical (unpaired) electrons. The summed E-state index contributed by atoms with van der Waals surface area (Å²) < 4.78 is 5.18. The number of aromatic nitrogens is 2. The van der Waals surface area contributed by atoms with E-state index in [0.29, 0.717) is 6.04 Å². The Balaban J connectivity index is 1.90. The van der Waals surface area contributed by atoms with E-state index < -0.39 is 0 Å². The van der Waals surface area contributed by atoms with Gasteiger partial charge in [-0.1, -0.05) is 18.5 Å². The van der Waals surface area contributed by atoms with Crippen LogP contribution in [0.2, 0.25) is 0 Å². The van der Waals surface area contributed by atoms with E-state index in [1.54, 1.807) is 0 Å². The zero-order chi connectivity index (χ0) is 12.1. The maximum Gasteiger partial charge on any atom is 0.240 e. The van der Waals surface area contributed by atoms with Crippen LogP contribution >= 0.6 is 0 Å². The van der Waals surface area contributed by atoms with E-state index in [9.17, 15) is 0 Å². The highest BCUT2D eigenvalue weighted by Gasteiger charge is 2.18. The number of nitrogens with one attached hydrogen (secondary N) is 1. The Morgan fingerprint density at radius 1 is 1.53 bits per heavy atom. The Morgan fingerprint density at radius 2 is 2.41 bits per heavy atom. The van der Waals surface area contributed by atoms with Gasteiger partial charge in [0, 0.05) is 12.6 Å².